The summed E-state index contributed by atoms with van der Waals surface area (Å²) in [6.45, 7) is 1.87. The van der Waals surface area contributed by atoms with Crippen LogP contribution in [0.25, 0.3) is 0 Å². The van der Waals surface area contributed by atoms with E-state index in [-0.39, 0.29) is 23.9 Å². The summed E-state index contributed by atoms with van der Waals surface area (Å²) in [5, 5.41) is 7.80. The quantitative estimate of drug-likeness (QED) is 0.741. The third-order valence-corrected chi connectivity index (χ3v) is 2.16. The van der Waals surface area contributed by atoms with E-state index in [0.29, 0.717) is 12.2 Å². The first kappa shape index (κ1) is 14.1. The molecule has 0 aliphatic rings. The molecule has 0 aromatic heterocycles. The Hall–Kier alpha value is -1.95. The Morgan fingerprint density at radius 3 is 2.61 bits per heavy atom. The maximum absolute atomic E-state index is 13.4. The zero-order chi connectivity index (χ0) is 13.5. The molecule has 0 heterocycles. The molecular formula is C12H16FN3O2. The number of hydrogen-bond donors (Lipinski definition) is 3. The average molecular weight is 253 g/mol. The molecule has 3 N–H and O–H groups in total. The number of anilines is 2. The third-order valence-electron chi connectivity index (χ3n) is 2.16. The summed E-state index contributed by atoms with van der Waals surface area (Å²) >= 11 is 0. The molecule has 0 spiro atoms. The van der Waals surface area contributed by atoms with E-state index in [1.54, 1.807) is 7.05 Å². The average Bonchev–Trinajstić information content (AvgIpc) is 2.30. The van der Waals surface area contributed by atoms with Crippen molar-refractivity contribution in [1.82, 2.24) is 5.32 Å². The van der Waals surface area contributed by atoms with E-state index in [1.807, 2.05) is 0 Å². The van der Waals surface area contributed by atoms with Crippen molar-refractivity contribution < 1.29 is 14.0 Å². The van der Waals surface area contributed by atoms with Gasteiger partial charge in [0, 0.05) is 25.6 Å². The second-order valence-electron chi connectivity index (χ2n) is 3.78. The van der Waals surface area contributed by atoms with E-state index < -0.39 is 5.82 Å². The van der Waals surface area contributed by atoms with Gasteiger partial charge in [-0.05, 0) is 25.2 Å². The molecule has 98 valence electrons. The summed E-state index contributed by atoms with van der Waals surface area (Å²) in [5.74, 6) is -1.08. The van der Waals surface area contributed by atoms with Gasteiger partial charge in [-0.1, -0.05) is 0 Å². The highest BCUT2D eigenvalue weighted by Gasteiger charge is 2.08. The van der Waals surface area contributed by atoms with Gasteiger partial charge in [0.2, 0.25) is 11.8 Å². The maximum atomic E-state index is 13.4. The SMILES string of the molecule is CNCCC(=O)Nc1cc(NC(C)=O)ccc1F. The largest absolute Gasteiger partial charge is 0.326 e. The summed E-state index contributed by atoms with van der Waals surface area (Å²) in [5.41, 5.74) is 0.496. The molecule has 6 heteroatoms. The number of rotatable bonds is 5. The lowest BCUT2D eigenvalue weighted by molar-refractivity contribution is -0.116. The lowest BCUT2D eigenvalue weighted by atomic mass is 10.2. The minimum absolute atomic E-state index is 0.0577. The fourth-order valence-corrected chi connectivity index (χ4v) is 1.35. The number of carbonyl (C=O) groups excluding carboxylic acids is 2. The number of halogens is 1. The molecule has 0 aliphatic carbocycles. The fraction of sp³-hybridized carbons (Fsp3) is 0.333. The van der Waals surface area contributed by atoms with Gasteiger partial charge in [-0.25, -0.2) is 4.39 Å². The minimum Gasteiger partial charge on any atom is -0.326 e. The summed E-state index contributed by atoms with van der Waals surface area (Å²) in [6.07, 6.45) is 0.250. The van der Waals surface area contributed by atoms with Crippen LogP contribution < -0.4 is 16.0 Å². The van der Waals surface area contributed by atoms with Crippen LogP contribution in [0.1, 0.15) is 13.3 Å². The molecular weight excluding hydrogens is 237 g/mol. The maximum Gasteiger partial charge on any atom is 0.225 e. The van der Waals surface area contributed by atoms with Gasteiger partial charge in [0.1, 0.15) is 5.82 Å². The van der Waals surface area contributed by atoms with Crippen molar-refractivity contribution in [1.29, 1.82) is 0 Å². The molecule has 0 atom stereocenters. The van der Waals surface area contributed by atoms with Crippen LogP contribution in [0.4, 0.5) is 15.8 Å². The molecule has 1 rings (SSSR count). The van der Waals surface area contributed by atoms with Crippen LogP contribution in [0.15, 0.2) is 18.2 Å². The molecule has 0 unspecified atom stereocenters. The fourth-order valence-electron chi connectivity index (χ4n) is 1.35. The number of nitrogens with one attached hydrogen (secondary N) is 3. The van der Waals surface area contributed by atoms with Crippen molar-refractivity contribution >= 4 is 23.2 Å². The van der Waals surface area contributed by atoms with Gasteiger partial charge >= 0.3 is 0 Å². The predicted molar refractivity (Wildman–Crippen MR) is 67.9 cm³/mol. The first-order chi connectivity index (χ1) is 8.52. The highest BCUT2D eigenvalue weighted by Crippen LogP contribution is 2.19. The Labute approximate surface area is 105 Å². The van der Waals surface area contributed by atoms with Crippen molar-refractivity contribution in [2.75, 3.05) is 24.2 Å². The van der Waals surface area contributed by atoms with Crippen LogP contribution in [0, 0.1) is 5.82 Å². The summed E-state index contributed by atoms with van der Waals surface area (Å²) in [6, 6.07) is 4.01. The topological polar surface area (TPSA) is 70.2 Å². The van der Waals surface area contributed by atoms with E-state index >= 15 is 0 Å². The Bertz CT molecular complexity index is 449. The van der Waals surface area contributed by atoms with Crippen LogP contribution in [0.3, 0.4) is 0 Å². The zero-order valence-electron chi connectivity index (χ0n) is 10.3. The van der Waals surface area contributed by atoms with Gasteiger partial charge in [0.15, 0.2) is 0 Å². The number of amides is 2. The second kappa shape index (κ2) is 6.70. The molecule has 18 heavy (non-hydrogen) atoms. The van der Waals surface area contributed by atoms with Crippen molar-refractivity contribution in [3.63, 3.8) is 0 Å². The van der Waals surface area contributed by atoms with Crippen LogP contribution in [0.5, 0.6) is 0 Å². The Morgan fingerprint density at radius 2 is 2.00 bits per heavy atom. The van der Waals surface area contributed by atoms with Gasteiger partial charge in [-0.2, -0.15) is 0 Å². The van der Waals surface area contributed by atoms with E-state index in [0.717, 1.165) is 0 Å². The smallest absolute Gasteiger partial charge is 0.225 e. The van der Waals surface area contributed by atoms with Crippen LogP contribution in [-0.4, -0.2) is 25.4 Å². The lowest BCUT2D eigenvalue weighted by Gasteiger charge is -2.09. The molecule has 5 nitrogen and oxygen atoms in total. The van der Waals surface area contributed by atoms with Crippen molar-refractivity contribution in [2.24, 2.45) is 0 Å². The highest BCUT2D eigenvalue weighted by atomic mass is 19.1. The molecule has 0 fully saturated rings. The van der Waals surface area contributed by atoms with Gasteiger partial charge in [0.25, 0.3) is 0 Å². The summed E-state index contributed by atoms with van der Waals surface area (Å²) in [7, 11) is 1.73. The first-order valence-electron chi connectivity index (χ1n) is 5.54. The number of hydrogen-bond acceptors (Lipinski definition) is 3. The first-order valence-corrected chi connectivity index (χ1v) is 5.54. The Balaban J connectivity index is 2.74. The van der Waals surface area contributed by atoms with Crippen molar-refractivity contribution in [2.45, 2.75) is 13.3 Å². The standard InChI is InChI=1S/C12H16FN3O2/c1-8(17)15-9-3-4-10(13)11(7-9)16-12(18)5-6-14-2/h3-4,7,14H,5-6H2,1-2H3,(H,15,17)(H,16,18). The van der Waals surface area contributed by atoms with E-state index in [1.165, 1.54) is 25.1 Å². The summed E-state index contributed by atoms with van der Waals surface area (Å²) in [4.78, 5) is 22.3. The predicted octanol–water partition coefficient (Wildman–Crippen LogP) is 1.33. The zero-order valence-corrected chi connectivity index (χ0v) is 10.3. The molecule has 0 radical (unpaired) electrons. The second-order valence-corrected chi connectivity index (χ2v) is 3.78. The number of carbonyl (C=O) groups is 2. The molecule has 0 aliphatic heterocycles. The molecule has 0 saturated heterocycles. The molecule has 1 aromatic rings. The number of benzene rings is 1. The van der Waals surface area contributed by atoms with Gasteiger partial charge < -0.3 is 16.0 Å². The van der Waals surface area contributed by atoms with E-state index in [4.69, 9.17) is 0 Å². The molecule has 0 saturated carbocycles. The van der Waals surface area contributed by atoms with Gasteiger partial charge in [-0.3, -0.25) is 9.59 Å². The van der Waals surface area contributed by atoms with Crippen LogP contribution in [0.2, 0.25) is 0 Å². The Kier molecular flexibility index (Phi) is 5.26. The van der Waals surface area contributed by atoms with E-state index in [2.05, 4.69) is 16.0 Å². The summed E-state index contributed by atoms with van der Waals surface area (Å²) < 4.78 is 13.4. The normalized spacial score (nSPS) is 9.94. The van der Waals surface area contributed by atoms with Gasteiger partial charge in [-0.15, -0.1) is 0 Å². The minimum atomic E-state index is -0.540. The molecule has 1 aromatic carbocycles. The molecule has 2 amide bonds. The van der Waals surface area contributed by atoms with Crippen molar-refractivity contribution in [3.8, 4) is 0 Å². The van der Waals surface area contributed by atoms with Crippen molar-refractivity contribution in [3.05, 3.63) is 24.0 Å². The van der Waals surface area contributed by atoms with Gasteiger partial charge in [0.05, 0.1) is 5.69 Å². The third kappa shape index (κ3) is 4.50. The van der Waals surface area contributed by atoms with Crippen LogP contribution in [-0.2, 0) is 9.59 Å². The highest BCUT2D eigenvalue weighted by molar-refractivity contribution is 5.93. The molecule has 0 bridgehead atoms. The Morgan fingerprint density at radius 1 is 1.28 bits per heavy atom. The monoisotopic (exact) mass is 253 g/mol. The van der Waals surface area contributed by atoms with E-state index in [9.17, 15) is 14.0 Å². The van der Waals surface area contributed by atoms with Crippen LogP contribution >= 0.6 is 0 Å². The lowest BCUT2D eigenvalue weighted by Crippen LogP contribution is -2.19.